The molecule has 0 saturated carbocycles. The molecule has 2 atom stereocenters. The van der Waals surface area contributed by atoms with Crippen molar-refractivity contribution in [2.24, 2.45) is 0 Å². The Hall–Kier alpha value is -0.980. The second kappa shape index (κ2) is 7.15. The van der Waals surface area contributed by atoms with Crippen molar-refractivity contribution in [3.8, 4) is 0 Å². The normalized spacial score (nSPS) is 23.8. The monoisotopic (exact) mass is 297 g/mol. The molecule has 0 aliphatic carbocycles. The topological polar surface area (TPSA) is 54.5 Å². The predicted octanol–water partition coefficient (Wildman–Crippen LogP) is 1.54. The molecule has 1 saturated heterocycles. The number of nitrogens with zero attached hydrogens (tertiary/aromatic N) is 2. The fourth-order valence-corrected chi connectivity index (χ4v) is 3.23. The van der Waals surface area contributed by atoms with Crippen molar-refractivity contribution >= 4 is 17.2 Å². The van der Waals surface area contributed by atoms with Gasteiger partial charge in [-0.3, -0.25) is 9.69 Å². The third-order valence-electron chi connectivity index (χ3n) is 3.29. The number of nitrogens with one attached hydrogen (secondary N) is 1. The zero-order valence-electron chi connectivity index (χ0n) is 12.4. The van der Waals surface area contributed by atoms with E-state index in [1.807, 2.05) is 6.92 Å². The van der Waals surface area contributed by atoms with Gasteiger partial charge in [0.25, 0.3) is 5.91 Å². The Balaban J connectivity index is 1.73. The van der Waals surface area contributed by atoms with Gasteiger partial charge in [-0.15, -0.1) is 11.3 Å². The third kappa shape index (κ3) is 4.26. The van der Waals surface area contributed by atoms with Crippen LogP contribution in [0.2, 0.25) is 0 Å². The first-order chi connectivity index (χ1) is 9.58. The van der Waals surface area contributed by atoms with Crippen molar-refractivity contribution in [2.45, 2.75) is 39.4 Å². The maximum absolute atomic E-state index is 12.0. The van der Waals surface area contributed by atoms with Gasteiger partial charge in [0, 0.05) is 26.2 Å². The fourth-order valence-electron chi connectivity index (χ4n) is 2.46. The number of morpholine rings is 1. The van der Waals surface area contributed by atoms with E-state index in [4.69, 9.17) is 4.74 Å². The molecule has 0 spiro atoms. The smallest absolute Gasteiger partial charge is 0.263 e. The molecular weight excluding hydrogens is 274 g/mol. The van der Waals surface area contributed by atoms with Crippen LogP contribution >= 0.6 is 11.3 Å². The van der Waals surface area contributed by atoms with E-state index in [0.717, 1.165) is 31.1 Å². The van der Waals surface area contributed by atoms with Crippen molar-refractivity contribution in [1.82, 2.24) is 15.2 Å². The van der Waals surface area contributed by atoms with Crippen molar-refractivity contribution < 1.29 is 9.53 Å². The molecule has 1 aliphatic rings. The maximum Gasteiger partial charge on any atom is 0.263 e. The summed E-state index contributed by atoms with van der Waals surface area (Å²) in [7, 11) is 0. The zero-order valence-corrected chi connectivity index (χ0v) is 13.2. The summed E-state index contributed by atoms with van der Waals surface area (Å²) in [6.07, 6.45) is 3.07. The number of ether oxygens (including phenoxy) is 1. The predicted molar refractivity (Wildman–Crippen MR) is 80.3 cm³/mol. The Morgan fingerprint density at radius 3 is 2.80 bits per heavy atom. The minimum atomic E-state index is -0.0171. The van der Waals surface area contributed by atoms with Crippen LogP contribution in [0.4, 0.5) is 0 Å². The highest BCUT2D eigenvalue weighted by Gasteiger charge is 2.21. The Morgan fingerprint density at radius 1 is 1.50 bits per heavy atom. The molecule has 6 heteroatoms. The van der Waals surface area contributed by atoms with Crippen LogP contribution in [0.5, 0.6) is 0 Å². The molecule has 1 aromatic rings. The number of aromatic nitrogens is 1. The van der Waals surface area contributed by atoms with Crippen LogP contribution < -0.4 is 5.32 Å². The van der Waals surface area contributed by atoms with Crippen molar-refractivity contribution in [3.05, 3.63) is 16.1 Å². The fraction of sp³-hybridized carbons (Fsp3) is 0.714. The first-order valence-electron chi connectivity index (χ1n) is 7.19. The number of hydrogen-bond donors (Lipinski definition) is 1. The van der Waals surface area contributed by atoms with E-state index in [2.05, 4.69) is 29.0 Å². The van der Waals surface area contributed by atoms with Crippen molar-refractivity contribution in [3.63, 3.8) is 0 Å². The Morgan fingerprint density at radius 2 is 2.20 bits per heavy atom. The number of aryl methyl sites for hydroxylation is 1. The van der Waals surface area contributed by atoms with Crippen LogP contribution in [-0.4, -0.2) is 54.2 Å². The van der Waals surface area contributed by atoms with Gasteiger partial charge in [0.05, 0.1) is 23.4 Å². The second-order valence-corrected chi connectivity index (χ2v) is 6.36. The molecule has 2 rings (SSSR count). The van der Waals surface area contributed by atoms with Gasteiger partial charge < -0.3 is 10.1 Å². The molecule has 0 bridgehead atoms. The molecular formula is C14H23N3O2S. The molecule has 20 heavy (non-hydrogen) atoms. The second-order valence-electron chi connectivity index (χ2n) is 5.24. The van der Waals surface area contributed by atoms with Gasteiger partial charge in [-0.2, -0.15) is 0 Å². The lowest BCUT2D eigenvalue weighted by Gasteiger charge is -2.35. The molecule has 1 N–H and O–H groups in total. The first-order valence-corrected chi connectivity index (χ1v) is 8.00. The number of thiazole rings is 1. The summed E-state index contributed by atoms with van der Waals surface area (Å²) in [6.45, 7) is 9.61. The summed E-state index contributed by atoms with van der Waals surface area (Å²) in [5, 5.41) is 3.97. The quantitative estimate of drug-likeness (QED) is 0.896. The number of carbonyl (C=O) groups excluding carboxylic acids is 1. The first kappa shape index (κ1) is 15.4. The largest absolute Gasteiger partial charge is 0.373 e. The lowest BCUT2D eigenvalue weighted by Crippen LogP contribution is -2.47. The molecule has 0 aromatic carbocycles. The van der Waals surface area contributed by atoms with Crippen LogP contribution in [0.3, 0.4) is 0 Å². The van der Waals surface area contributed by atoms with Gasteiger partial charge >= 0.3 is 0 Å². The van der Waals surface area contributed by atoms with E-state index < -0.39 is 0 Å². The highest BCUT2D eigenvalue weighted by Crippen LogP contribution is 2.13. The number of carbonyl (C=O) groups is 1. The van der Waals surface area contributed by atoms with E-state index >= 15 is 0 Å². The Labute approximate surface area is 124 Å². The van der Waals surface area contributed by atoms with Gasteiger partial charge in [-0.05, 0) is 20.3 Å². The molecule has 2 heterocycles. The zero-order chi connectivity index (χ0) is 14.5. The van der Waals surface area contributed by atoms with E-state index in [9.17, 15) is 4.79 Å². The van der Waals surface area contributed by atoms with Crippen LogP contribution in [0.25, 0.3) is 0 Å². The van der Waals surface area contributed by atoms with Crippen LogP contribution in [0.15, 0.2) is 6.20 Å². The lowest BCUT2D eigenvalue weighted by atomic mass is 10.2. The number of rotatable bonds is 5. The molecule has 1 amide bonds. The summed E-state index contributed by atoms with van der Waals surface area (Å²) < 4.78 is 5.69. The molecule has 112 valence electrons. The maximum atomic E-state index is 12.0. The van der Waals surface area contributed by atoms with Crippen LogP contribution in [0, 0.1) is 0 Å². The Kier molecular flexibility index (Phi) is 5.51. The summed E-state index contributed by atoms with van der Waals surface area (Å²) >= 11 is 1.47. The highest BCUT2D eigenvalue weighted by atomic mass is 32.1. The molecule has 1 aromatic heterocycles. The highest BCUT2D eigenvalue weighted by molar-refractivity contribution is 7.13. The standard InChI is InChI=1S/C14H23N3O2S/c1-4-13-16-7-12(20-13)14(18)15-5-6-17-8-10(2)19-11(3)9-17/h7,10-11H,4-6,8-9H2,1-3H3,(H,15,18)/t10-,11-/m1/s1. The van der Waals surface area contributed by atoms with Gasteiger partial charge in [0.2, 0.25) is 0 Å². The van der Waals surface area contributed by atoms with Crippen LogP contribution in [0.1, 0.15) is 35.5 Å². The molecule has 0 unspecified atom stereocenters. The van der Waals surface area contributed by atoms with E-state index in [-0.39, 0.29) is 18.1 Å². The minimum absolute atomic E-state index is 0.0171. The third-order valence-corrected chi connectivity index (χ3v) is 4.43. The molecule has 5 nitrogen and oxygen atoms in total. The van der Waals surface area contributed by atoms with Crippen molar-refractivity contribution in [1.29, 1.82) is 0 Å². The average Bonchev–Trinajstić information content (AvgIpc) is 2.86. The summed E-state index contributed by atoms with van der Waals surface area (Å²) in [4.78, 5) is 19.2. The summed E-state index contributed by atoms with van der Waals surface area (Å²) in [6, 6.07) is 0. The molecule has 1 fully saturated rings. The summed E-state index contributed by atoms with van der Waals surface area (Å²) in [5.41, 5.74) is 0. The number of amides is 1. The van der Waals surface area contributed by atoms with E-state index in [1.165, 1.54) is 11.3 Å². The Bertz CT molecular complexity index is 439. The summed E-state index contributed by atoms with van der Waals surface area (Å²) in [5.74, 6) is -0.0171. The average molecular weight is 297 g/mol. The number of hydrogen-bond acceptors (Lipinski definition) is 5. The SMILES string of the molecule is CCc1ncc(C(=O)NCCN2C[C@@H](C)O[C@H](C)C2)s1. The van der Waals surface area contributed by atoms with Gasteiger partial charge in [-0.1, -0.05) is 6.92 Å². The lowest BCUT2D eigenvalue weighted by molar-refractivity contribution is -0.0672. The van der Waals surface area contributed by atoms with Gasteiger partial charge in [0.15, 0.2) is 0 Å². The van der Waals surface area contributed by atoms with Gasteiger partial charge in [0.1, 0.15) is 4.88 Å². The molecule has 1 aliphatic heterocycles. The minimum Gasteiger partial charge on any atom is -0.373 e. The van der Waals surface area contributed by atoms with E-state index in [1.54, 1.807) is 6.20 Å². The van der Waals surface area contributed by atoms with Crippen molar-refractivity contribution in [2.75, 3.05) is 26.2 Å². The van der Waals surface area contributed by atoms with Crippen LogP contribution in [-0.2, 0) is 11.2 Å². The van der Waals surface area contributed by atoms with Gasteiger partial charge in [-0.25, -0.2) is 4.98 Å². The van der Waals surface area contributed by atoms with E-state index in [0.29, 0.717) is 11.4 Å². The molecule has 0 radical (unpaired) electrons.